The maximum atomic E-state index is 13.8. The minimum Gasteiger partial charge on any atom is -0.494 e. The number of amides is 2. The molecule has 16 heteroatoms. The highest BCUT2D eigenvalue weighted by molar-refractivity contribution is 5.98. The molecule has 4 atom stereocenters. The van der Waals surface area contributed by atoms with Crippen molar-refractivity contribution in [3.63, 3.8) is 0 Å². The number of carbonyl (C=O) groups excluding carboxylic acids is 4. The largest absolute Gasteiger partial charge is 0.494 e. The van der Waals surface area contributed by atoms with Crippen molar-refractivity contribution in [2.45, 2.75) is 77.3 Å². The Labute approximate surface area is 345 Å². The molecule has 3 aromatic rings. The van der Waals surface area contributed by atoms with Gasteiger partial charge in [0.15, 0.2) is 0 Å². The fourth-order valence-electron chi connectivity index (χ4n) is 7.18. The van der Waals surface area contributed by atoms with E-state index < -0.39 is 78.4 Å². The van der Waals surface area contributed by atoms with Crippen molar-refractivity contribution in [3.8, 4) is 11.5 Å². The maximum Gasteiger partial charge on any atom is 0.389 e. The number of benzene rings is 3. The molecule has 60 heavy (non-hydrogen) atoms. The summed E-state index contributed by atoms with van der Waals surface area (Å²) >= 11 is 0. The predicted octanol–water partition coefficient (Wildman–Crippen LogP) is 7.36. The van der Waals surface area contributed by atoms with Crippen LogP contribution in [0.15, 0.2) is 72.8 Å². The summed E-state index contributed by atoms with van der Waals surface area (Å²) in [7, 11) is 0. The molecule has 322 valence electrons. The van der Waals surface area contributed by atoms with Gasteiger partial charge in [-0.25, -0.2) is 9.59 Å². The van der Waals surface area contributed by atoms with Crippen molar-refractivity contribution >= 4 is 47.5 Å². The molecule has 0 radical (unpaired) electrons. The van der Waals surface area contributed by atoms with Gasteiger partial charge in [0.2, 0.25) is 11.8 Å². The number of aliphatic carboxylic acids is 2. The first-order chi connectivity index (χ1) is 28.3. The summed E-state index contributed by atoms with van der Waals surface area (Å²) in [5.74, 6) is -10.0. The zero-order valence-electron chi connectivity index (χ0n) is 33.5. The highest BCUT2D eigenvalue weighted by Crippen LogP contribution is 2.45. The van der Waals surface area contributed by atoms with Crippen molar-refractivity contribution in [2.75, 3.05) is 18.5 Å². The van der Waals surface area contributed by atoms with Crippen LogP contribution in [-0.2, 0) is 40.5 Å². The van der Waals surface area contributed by atoms with Crippen molar-refractivity contribution in [2.24, 2.45) is 29.4 Å². The number of halogens is 3. The average Bonchev–Trinajstić information content (AvgIpc) is 3.58. The lowest BCUT2D eigenvalue weighted by Gasteiger charge is -2.29. The number of ether oxygens (including phenoxy) is 3. The molecule has 0 saturated heterocycles. The third-order valence-corrected chi connectivity index (χ3v) is 11.0. The lowest BCUT2D eigenvalue weighted by molar-refractivity contribution is -0.147. The van der Waals surface area contributed by atoms with Crippen molar-refractivity contribution in [1.82, 2.24) is 0 Å². The summed E-state index contributed by atoms with van der Waals surface area (Å²) < 4.78 is 53.1. The van der Waals surface area contributed by atoms with Crippen molar-refractivity contribution < 1.29 is 66.4 Å². The maximum absolute atomic E-state index is 13.8. The molecule has 0 aromatic heterocycles. The third-order valence-electron chi connectivity index (χ3n) is 11.0. The number of anilines is 1. The van der Waals surface area contributed by atoms with Gasteiger partial charge in [0.05, 0.1) is 30.6 Å². The first-order valence-corrected chi connectivity index (χ1v) is 19.5. The molecule has 0 spiro atoms. The van der Waals surface area contributed by atoms with E-state index in [9.17, 15) is 52.2 Å². The molecule has 1 aliphatic rings. The van der Waals surface area contributed by atoms with Crippen LogP contribution in [0.2, 0.25) is 0 Å². The van der Waals surface area contributed by atoms with Crippen LogP contribution in [0.1, 0.15) is 86.3 Å². The van der Waals surface area contributed by atoms with Gasteiger partial charge in [-0.15, -0.1) is 0 Å². The normalized spacial score (nSPS) is 17.8. The SMILES string of the molecule is CCC(C)(CC)c1ccc(NC(=O)C2C(C(=O)O)CC(C(N)=O)C2CC(=O)O)c(CCOC(=O)/C=C/c2ccc(OC(=O)c3ccc(OCCCC(F)(F)F)cc3)cc2)c1. The summed E-state index contributed by atoms with van der Waals surface area (Å²) in [6.45, 7) is 5.97. The van der Waals surface area contributed by atoms with E-state index in [1.807, 2.05) is 26.0 Å². The smallest absolute Gasteiger partial charge is 0.389 e. The van der Waals surface area contributed by atoms with E-state index in [-0.39, 0.29) is 49.2 Å². The van der Waals surface area contributed by atoms with Gasteiger partial charge in [0.1, 0.15) is 11.5 Å². The van der Waals surface area contributed by atoms with Gasteiger partial charge in [-0.1, -0.05) is 45.0 Å². The van der Waals surface area contributed by atoms with Gasteiger partial charge in [-0.2, -0.15) is 13.2 Å². The second-order valence-electron chi connectivity index (χ2n) is 14.9. The number of carboxylic acid groups (broad SMARTS) is 2. The van der Waals surface area contributed by atoms with Crippen LogP contribution in [-0.4, -0.2) is 65.3 Å². The number of carboxylic acids is 2. The first kappa shape index (κ1) is 46.5. The fraction of sp³-hybridized carbons (Fsp3) is 0.409. The molecule has 4 unspecified atom stereocenters. The molecule has 0 aliphatic heterocycles. The number of nitrogens with two attached hydrogens (primary N) is 1. The van der Waals surface area contributed by atoms with Crippen LogP contribution in [0.4, 0.5) is 18.9 Å². The number of carbonyl (C=O) groups is 6. The van der Waals surface area contributed by atoms with Gasteiger partial charge in [-0.3, -0.25) is 19.2 Å². The molecule has 13 nitrogen and oxygen atoms in total. The van der Waals surface area contributed by atoms with E-state index >= 15 is 0 Å². The standard InChI is InChI=1S/C44H49F3N2O11/c1-4-43(3,5-2)29-12-17-35(49-40(54)38-32(25-36(50)51)33(39(48)53)24-34(38)41(55)56)28(23-29)19-22-59-37(52)18-9-26-7-13-31(14-8-26)60-42(57)27-10-15-30(16-11-27)58-21-6-20-44(45,46)47/h7-18,23,32-34,38H,4-6,19-22,24-25H2,1-3H3,(H2,48,53)(H,49,54)(H,50,51)(H,55,56)/b18-9+. The molecule has 1 fully saturated rings. The summed E-state index contributed by atoms with van der Waals surface area (Å²) in [5, 5.41) is 22.2. The topological polar surface area (TPSA) is 209 Å². The van der Waals surface area contributed by atoms with Crippen LogP contribution < -0.4 is 20.5 Å². The van der Waals surface area contributed by atoms with Crippen molar-refractivity contribution in [3.05, 3.63) is 95.1 Å². The lowest BCUT2D eigenvalue weighted by atomic mass is 9.77. The Kier molecular flexibility index (Phi) is 16.0. The Morgan fingerprint density at radius 2 is 1.53 bits per heavy atom. The number of hydrogen-bond acceptors (Lipinski definition) is 9. The third kappa shape index (κ3) is 12.9. The minimum absolute atomic E-state index is 0.100. The Balaban J connectivity index is 1.38. The van der Waals surface area contributed by atoms with Gasteiger partial charge in [0.25, 0.3) is 0 Å². The highest BCUT2D eigenvalue weighted by atomic mass is 19.4. The number of primary amides is 1. The Hall–Kier alpha value is -6.19. The molecular weight excluding hydrogens is 789 g/mol. The first-order valence-electron chi connectivity index (χ1n) is 19.5. The van der Waals surface area contributed by atoms with E-state index in [4.69, 9.17) is 19.9 Å². The molecule has 4 rings (SSSR count). The second kappa shape index (κ2) is 20.7. The minimum atomic E-state index is -4.26. The van der Waals surface area contributed by atoms with Crippen LogP contribution >= 0.6 is 0 Å². The number of alkyl halides is 3. The molecule has 1 saturated carbocycles. The quantitative estimate of drug-likeness (QED) is 0.0383. The predicted molar refractivity (Wildman–Crippen MR) is 213 cm³/mol. The Morgan fingerprint density at radius 3 is 2.12 bits per heavy atom. The zero-order chi connectivity index (χ0) is 44.2. The van der Waals surface area contributed by atoms with Gasteiger partial charge in [0, 0.05) is 36.9 Å². The van der Waals surface area contributed by atoms with E-state index in [1.165, 1.54) is 48.6 Å². The van der Waals surface area contributed by atoms with Crippen LogP contribution in [0.25, 0.3) is 6.08 Å². The number of nitrogens with one attached hydrogen (secondary N) is 1. The zero-order valence-corrected chi connectivity index (χ0v) is 33.5. The van der Waals surface area contributed by atoms with Crippen LogP contribution in [0.3, 0.4) is 0 Å². The summed E-state index contributed by atoms with van der Waals surface area (Å²) in [6.07, 6.45) is -1.84. The van der Waals surface area contributed by atoms with E-state index in [0.717, 1.165) is 18.4 Å². The summed E-state index contributed by atoms with van der Waals surface area (Å²) in [5.41, 5.74) is 7.93. The Bertz CT molecular complexity index is 2050. The molecule has 5 N–H and O–H groups in total. The van der Waals surface area contributed by atoms with Crippen LogP contribution in [0, 0.1) is 23.7 Å². The number of hydrogen-bond donors (Lipinski definition) is 4. The van der Waals surface area contributed by atoms with E-state index in [0.29, 0.717) is 22.6 Å². The molecule has 1 aliphatic carbocycles. The fourth-order valence-corrected chi connectivity index (χ4v) is 7.18. The number of rotatable bonds is 20. The van der Waals surface area contributed by atoms with Crippen LogP contribution in [0.5, 0.6) is 11.5 Å². The molecular formula is C44H49F3N2O11. The van der Waals surface area contributed by atoms with E-state index in [2.05, 4.69) is 12.2 Å². The Morgan fingerprint density at radius 1 is 0.883 bits per heavy atom. The molecule has 3 aromatic carbocycles. The molecule has 0 bridgehead atoms. The monoisotopic (exact) mass is 838 g/mol. The summed E-state index contributed by atoms with van der Waals surface area (Å²) in [4.78, 5) is 75.2. The average molecular weight is 839 g/mol. The lowest BCUT2D eigenvalue weighted by Crippen LogP contribution is -2.37. The van der Waals surface area contributed by atoms with Crippen molar-refractivity contribution in [1.29, 1.82) is 0 Å². The van der Waals surface area contributed by atoms with Gasteiger partial charge in [-0.05, 0) is 102 Å². The number of esters is 2. The highest BCUT2D eigenvalue weighted by Gasteiger charge is 2.52. The van der Waals surface area contributed by atoms with Gasteiger partial charge < -0.3 is 35.5 Å². The van der Waals surface area contributed by atoms with E-state index in [1.54, 1.807) is 18.2 Å². The van der Waals surface area contributed by atoms with Gasteiger partial charge >= 0.3 is 30.1 Å². The molecule has 2 amide bonds. The second-order valence-corrected chi connectivity index (χ2v) is 14.9. The summed E-state index contributed by atoms with van der Waals surface area (Å²) in [6, 6.07) is 17.4. The molecule has 0 heterocycles.